The normalized spacial score (nSPS) is 12.6. The maximum Gasteiger partial charge on any atom is 0.127 e. The first-order chi connectivity index (χ1) is 7.77. The Kier molecular flexibility index (Phi) is 1.90. The van der Waals surface area contributed by atoms with Crippen LogP contribution in [-0.2, 0) is 6.61 Å². The fourth-order valence-electron chi connectivity index (χ4n) is 2.21. The van der Waals surface area contributed by atoms with Crippen molar-refractivity contribution in [2.75, 3.05) is 0 Å². The molecular weight excluding hydrogens is 200 g/mol. The molecule has 0 amide bonds. The predicted molar refractivity (Wildman–Crippen MR) is 62.6 cm³/mol. The Morgan fingerprint density at radius 2 is 1.94 bits per heavy atom. The van der Waals surface area contributed by atoms with Gasteiger partial charge in [0, 0.05) is 5.56 Å². The quantitative estimate of drug-likeness (QED) is 0.726. The number of fused-ring (bicyclic) bond motifs is 3. The van der Waals surface area contributed by atoms with Crippen LogP contribution >= 0.6 is 0 Å². The van der Waals surface area contributed by atoms with E-state index < -0.39 is 0 Å². The predicted octanol–water partition coefficient (Wildman–Crippen LogP) is 3.26. The molecule has 0 saturated heterocycles. The molecule has 0 radical (unpaired) electrons. The molecule has 80 valence electrons. The zero-order valence-corrected chi connectivity index (χ0v) is 9.03. The highest BCUT2D eigenvalue weighted by Gasteiger charge is 2.19. The SMILES string of the molecule is Cc1c(O)ccc2c1-c1ccccc1OC2. The average molecular weight is 212 g/mol. The Hall–Kier alpha value is -1.96. The topological polar surface area (TPSA) is 29.5 Å². The van der Waals surface area contributed by atoms with Crippen molar-refractivity contribution in [1.29, 1.82) is 0 Å². The van der Waals surface area contributed by atoms with Crippen molar-refractivity contribution in [3.8, 4) is 22.6 Å². The Labute approximate surface area is 94.1 Å². The molecule has 0 unspecified atom stereocenters. The van der Waals surface area contributed by atoms with Gasteiger partial charge in [0.2, 0.25) is 0 Å². The third kappa shape index (κ3) is 1.20. The van der Waals surface area contributed by atoms with Crippen molar-refractivity contribution in [3.05, 3.63) is 47.5 Å². The summed E-state index contributed by atoms with van der Waals surface area (Å²) in [4.78, 5) is 0. The van der Waals surface area contributed by atoms with E-state index in [4.69, 9.17) is 4.74 Å². The molecule has 2 nitrogen and oxygen atoms in total. The maximum absolute atomic E-state index is 9.76. The largest absolute Gasteiger partial charge is 0.508 e. The third-order valence-electron chi connectivity index (χ3n) is 3.06. The first-order valence-corrected chi connectivity index (χ1v) is 5.31. The molecule has 2 aromatic rings. The summed E-state index contributed by atoms with van der Waals surface area (Å²) in [6.45, 7) is 2.52. The second kappa shape index (κ2) is 3.27. The summed E-state index contributed by atoms with van der Waals surface area (Å²) in [6.07, 6.45) is 0. The number of phenols is 1. The van der Waals surface area contributed by atoms with Gasteiger partial charge in [-0.1, -0.05) is 24.3 Å². The lowest BCUT2D eigenvalue weighted by atomic mass is 9.92. The summed E-state index contributed by atoms with van der Waals surface area (Å²) in [6, 6.07) is 11.6. The van der Waals surface area contributed by atoms with Crippen molar-refractivity contribution in [3.63, 3.8) is 0 Å². The van der Waals surface area contributed by atoms with Crippen LogP contribution in [0.25, 0.3) is 11.1 Å². The van der Waals surface area contributed by atoms with Gasteiger partial charge in [-0.25, -0.2) is 0 Å². The van der Waals surface area contributed by atoms with E-state index in [1.807, 2.05) is 37.3 Å². The van der Waals surface area contributed by atoms with Gasteiger partial charge in [-0.05, 0) is 35.7 Å². The Morgan fingerprint density at radius 3 is 2.81 bits per heavy atom. The smallest absolute Gasteiger partial charge is 0.127 e. The molecule has 2 aromatic carbocycles. The molecule has 0 bridgehead atoms. The van der Waals surface area contributed by atoms with Crippen molar-refractivity contribution in [2.45, 2.75) is 13.5 Å². The summed E-state index contributed by atoms with van der Waals surface area (Å²) in [7, 11) is 0. The Morgan fingerprint density at radius 1 is 1.12 bits per heavy atom. The minimum atomic E-state index is 0.343. The summed E-state index contributed by atoms with van der Waals surface area (Å²) in [5.41, 5.74) is 4.24. The Bertz CT molecular complexity index is 559. The van der Waals surface area contributed by atoms with Crippen LogP contribution in [0, 0.1) is 6.92 Å². The van der Waals surface area contributed by atoms with Crippen molar-refractivity contribution in [1.82, 2.24) is 0 Å². The molecule has 0 fully saturated rings. The molecule has 0 saturated carbocycles. The fourth-order valence-corrected chi connectivity index (χ4v) is 2.21. The summed E-state index contributed by atoms with van der Waals surface area (Å²) >= 11 is 0. The highest BCUT2D eigenvalue weighted by atomic mass is 16.5. The summed E-state index contributed by atoms with van der Waals surface area (Å²) in [5, 5.41) is 9.76. The van der Waals surface area contributed by atoms with E-state index in [-0.39, 0.29) is 0 Å². The lowest BCUT2D eigenvalue weighted by Gasteiger charge is -2.22. The second-order valence-corrected chi connectivity index (χ2v) is 4.03. The first kappa shape index (κ1) is 9.28. The van der Waals surface area contributed by atoms with E-state index in [9.17, 15) is 5.11 Å². The standard InChI is InChI=1S/C14H12O2/c1-9-12(15)7-6-10-8-16-13-5-3-2-4-11(13)14(9)10/h2-7,15H,8H2,1H3. The van der Waals surface area contributed by atoms with E-state index in [1.165, 1.54) is 0 Å². The van der Waals surface area contributed by atoms with Crippen LogP contribution in [-0.4, -0.2) is 5.11 Å². The maximum atomic E-state index is 9.76. The number of rotatable bonds is 0. The van der Waals surface area contributed by atoms with Gasteiger partial charge in [-0.15, -0.1) is 0 Å². The van der Waals surface area contributed by atoms with Gasteiger partial charge >= 0.3 is 0 Å². The lowest BCUT2D eigenvalue weighted by Crippen LogP contribution is -2.06. The number of hydrogen-bond acceptors (Lipinski definition) is 2. The summed E-state index contributed by atoms with van der Waals surface area (Å²) in [5.74, 6) is 1.24. The molecule has 0 spiro atoms. The number of aromatic hydroxyl groups is 1. The highest BCUT2D eigenvalue weighted by molar-refractivity contribution is 5.79. The van der Waals surface area contributed by atoms with Crippen LogP contribution in [0.1, 0.15) is 11.1 Å². The van der Waals surface area contributed by atoms with Crippen LogP contribution in [0.3, 0.4) is 0 Å². The zero-order chi connectivity index (χ0) is 11.1. The molecule has 1 heterocycles. The van der Waals surface area contributed by atoms with Gasteiger partial charge in [-0.3, -0.25) is 0 Å². The van der Waals surface area contributed by atoms with Crippen molar-refractivity contribution in [2.24, 2.45) is 0 Å². The number of para-hydroxylation sites is 1. The van der Waals surface area contributed by atoms with Crippen molar-refractivity contribution < 1.29 is 9.84 Å². The second-order valence-electron chi connectivity index (χ2n) is 4.03. The molecule has 0 aromatic heterocycles. The Balaban J connectivity index is 2.34. The monoisotopic (exact) mass is 212 g/mol. The van der Waals surface area contributed by atoms with Gasteiger partial charge in [-0.2, -0.15) is 0 Å². The molecule has 1 aliphatic rings. The first-order valence-electron chi connectivity index (χ1n) is 5.31. The van der Waals surface area contributed by atoms with Gasteiger partial charge < -0.3 is 9.84 Å². The number of ether oxygens (including phenoxy) is 1. The van der Waals surface area contributed by atoms with E-state index in [1.54, 1.807) is 6.07 Å². The van der Waals surface area contributed by atoms with Gasteiger partial charge in [0.15, 0.2) is 0 Å². The molecule has 1 aliphatic heterocycles. The van der Waals surface area contributed by atoms with Crippen LogP contribution in [0.15, 0.2) is 36.4 Å². The minimum absolute atomic E-state index is 0.343. The molecule has 16 heavy (non-hydrogen) atoms. The highest BCUT2D eigenvalue weighted by Crippen LogP contribution is 2.41. The average Bonchev–Trinajstić information content (AvgIpc) is 2.33. The van der Waals surface area contributed by atoms with Gasteiger partial charge in [0.1, 0.15) is 18.1 Å². The number of hydrogen-bond donors (Lipinski definition) is 1. The van der Waals surface area contributed by atoms with Crippen molar-refractivity contribution >= 4 is 0 Å². The lowest BCUT2D eigenvalue weighted by molar-refractivity contribution is 0.302. The zero-order valence-electron chi connectivity index (χ0n) is 9.03. The van der Waals surface area contributed by atoms with Gasteiger partial charge in [0.05, 0.1) is 0 Å². The van der Waals surface area contributed by atoms with Gasteiger partial charge in [0.25, 0.3) is 0 Å². The minimum Gasteiger partial charge on any atom is -0.508 e. The van der Waals surface area contributed by atoms with Crippen LogP contribution in [0.2, 0.25) is 0 Å². The van der Waals surface area contributed by atoms with Crippen LogP contribution in [0.4, 0.5) is 0 Å². The number of benzene rings is 2. The third-order valence-corrected chi connectivity index (χ3v) is 3.06. The van der Waals surface area contributed by atoms with E-state index in [0.29, 0.717) is 12.4 Å². The summed E-state index contributed by atoms with van der Waals surface area (Å²) < 4.78 is 5.66. The molecule has 3 rings (SSSR count). The van der Waals surface area contributed by atoms with Crippen LogP contribution < -0.4 is 4.74 Å². The molecule has 0 atom stereocenters. The van der Waals surface area contributed by atoms with E-state index >= 15 is 0 Å². The van der Waals surface area contributed by atoms with E-state index in [2.05, 4.69) is 0 Å². The fraction of sp³-hybridized carbons (Fsp3) is 0.143. The molecule has 1 N–H and O–H groups in total. The molecule has 2 heteroatoms. The molecular formula is C14H12O2. The van der Waals surface area contributed by atoms with E-state index in [0.717, 1.165) is 28.0 Å². The van der Waals surface area contributed by atoms with Crippen LogP contribution in [0.5, 0.6) is 11.5 Å². The molecule has 0 aliphatic carbocycles. The number of phenolic OH excluding ortho intramolecular Hbond substituents is 1.